The molecule has 0 bridgehead atoms. The van der Waals surface area contributed by atoms with Crippen LogP contribution in [0, 0.1) is 0 Å². The van der Waals surface area contributed by atoms with Crippen LogP contribution in [0.15, 0.2) is 24.4 Å². The quantitative estimate of drug-likeness (QED) is 0.580. The van der Waals surface area contributed by atoms with Gasteiger partial charge in [-0.15, -0.1) is 16.9 Å². The van der Waals surface area contributed by atoms with Crippen LogP contribution < -0.4 is 5.32 Å². The van der Waals surface area contributed by atoms with Crippen LogP contribution in [-0.4, -0.2) is 50.7 Å². The van der Waals surface area contributed by atoms with Crippen molar-refractivity contribution in [3.8, 4) is 11.5 Å². The van der Waals surface area contributed by atoms with Crippen molar-refractivity contribution in [2.75, 3.05) is 23.9 Å². The lowest BCUT2D eigenvalue weighted by Gasteiger charge is -2.01. The lowest BCUT2D eigenvalue weighted by atomic mass is 10.3. The number of carbonyl (C=O) groups excluding carboxylic acids is 2. The van der Waals surface area contributed by atoms with Gasteiger partial charge in [-0.3, -0.25) is 25.0 Å². The topological polar surface area (TPSA) is 110 Å². The van der Waals surface area contributed by atoms with E-state index < -0.39 is 0 Å². The molecule has 0 unspecified atom stereocenters. The highest BCUT2D eigenvalue weighted by molar-refractivity contribution is 7.99. The highest BCUT2D eigenvalue weighted by Gasteiger charge is 2.10. The predicted octanol–water partition coefficient (Wildman–Crippen LogP) is 1.10. The maximum absolute atomic E-state index is 11.7. The van der Waals surface area contributed by atoms with Gasteiger partial charge in [0, 0.05) is 18.4 Å². The number of rotatable bonds is 7. The zero-order valence-corrected chi connectivity index (χ0v) is 12.7. The molecule has 0 fully saturated rings. The monoisotopic (exact) mass is 321 g/mol. The molecule has 2 aromatic rings. The molecular weight excluding hydrogens is 306 g/mol. The zero-order chi connectivity index (χ0) is 15.8. The number of amides is 1. The van der Waals surface area contributed by atoms with Crippen LogP contribution in [0.5, 0.6) is 0 Å². The van der Waals surface area contributed by atoms with Crippen molar-refractivity contribution in [2.24, 2.45) is 0 Å². The summed E-state index contributed by atoms with van der Waals surface area (Å²) >= 11 is 1.33. The van der Waals surface area contributed by atoms with Gasteiger partial charge in [-0.05, 0) is 12.1 Å². The van der Waals surface area contributed by atoms with Gasteiger partial charge >= 0.3 is 5.97 Å². The van der Waals surface area contributed by atoms with Gasteiger partial charge in [0.25, 0.3) is 0 Å². The van der Waals surface area contributed by atoms with Crippen LogP contribution in [0.4, 0.5) is 5.95 Å². The van der Waals surface area contributed by atoms with Crippen molar-refractivity contribution in [1.29, 1.82) is 0 Å². The number of methoxy groups -OCH3 is 1. The highest BCUT2D eigenvalue weighted by atomic mass is 32.2. The Hall–Kier alpha value is -2.42. The first kappa shape index (κ1) is 16.0. The smallest absolute Gasteiger partial charge is 0.315 e. The van der Waals surface area contributed by atoms with Gasteiger partial charge in [-0.2, -0.15) is 4.98 Å². The zero-order valence-electron chi connectivity index (χ0n) is 11.9. The number of thioether (sulfide) groups is 1. The molecule has 116 valence electrons. The Labute approximate surface area is 131 Å². The normalized spacial score (nSPS) is 10.2. The third-order valence-corrected chi connectivity index (χ3v) is 3.50. The van der Waals surface area contributed by atoms with Crippen LogP contribution in [0.25, 0.3) is 11.5 Å². The molecule has 1 amide bonds. The average Bonchev–Trinajstić information content (AvgIpc) is 3.00. The number of anilines is 1. The van der Waals surface area contributed by atoms with Gasteiger partial charge in [0.1, 0.15) is 5.69 Å². The Balaban J connectivity index is 1.78. The fourth-order valence-electron chi connectivity index (χ4n) is 1.50. The maximum atomic E-state index is 11.7. The van der Waals surface area contributed by atoms with Gasteiger partial charge < -0.3 is 4.74 Å². The van der Waals surface area contributed by atoms with E-state index in [1.54, 1.807) is 18.3 Å². The number of nitrogens with one attached hydrogen (secondary N) is 2. The minimum absolute atomic E-state index is 0.198. The number of hydrogen-bond donors (Lipinski definition) is 2. The van der Waals surface area contributed by atoms with Gasteiger partial charge in [0.2, 0.25) is 11.9 Å². The van der Waals surface area contributed by atoms with E-state index in [0.29, 0.717) is 17.3 Å². The van der Waals surface area contributed by atoms with Crippen molar-refractivity contribution in [3.63, 3.8) is 0 Å². The van der Waals surface area contributed by atoms with E-state index in [4.69, 9.17) is 0 Å². The number of pyridine rings is 1. The Kier molecular flexibility index (Phi) is 5.90. The van der Waals surface area contributed by atoms with Gasteiger partial charge in [-0.25, -0.2) is 0 Å². The van der Waals surface area contributed by atoms with Crippen molar-refractivity contribution in [1.82, 2.24) is 20.2 Å². The minimum Gasteiger partial charge on any atom is -0.468 e. The average molecular weight is 321 g/mol. The lowest BCUT2D eigenvalue weighted by Crippen LogP contribution is -2.14. The largest absolute Gasteiger partial charge is 0.468 e. The number of ether oxygens (including phenoxy) is 1. The van der Waals surface area contributed by atoms with Gasteiger partial charge in [-0.1, -0.05) is 6.07 Å². The summed E-state index contributed by atoms with van der Waals surface area (Å²) < 4.78 is 4.51. The predicted molar refractivity (Wildman–Crippen MR) is 82.2 cm³/mol. The van der Waals surface area contributed by atoms with Crippen molar-refractivity contribution < 1.29 is 14.3 Å². The molecule has 0 atom stereocenters. The SMILES string of the molecule is COC(=O)CSCCC(=O)Nc1n[nH]c(-c2ccccn2)n1. The number of hydrogen-bond acceptors (Lipinski definition) is 7. The van der Waals surface area contributed by atoms with E-state index >= 15 is 0 Å². The summed E-state index contributed by atoms with van der Waals surface area (Å²) in [5, 5.41) is 9.21. The molecule has 22 heavy (non-hydrogen) atoms. The molecule has 0 radical (unpaired) electrons. The summed E-state index contributed by atoms with van der Waals surface area (Å²) in [6, 6.07) is 5.42. The van der Waals surface area contributed by atoms with E-state index in [-0.39, 0.29) is 30.0 Å². The summed E-state index contributed by atoms with van der Waals surface area (Å²) in [6.45, 7) is 0. The first-order valence-corrected chi connectivity index (χ1v) is 7.62. The van der Waals surface area contributed by atoms with Crippen LogP contribution in [-0.2, 0) is 14.3 Å². The second kappa shape index (κ2) is 8.13. The number of H-pyrrole nitrogens is 1. The number of nitrogens with zero attached hydrogens (tertiary/aromatic N) is 3. The molecule has 2 rings (SSSR count). The first-order valence-electron chi connectivity index (χ1n) is 6.47. The third-order valence-electron chi connectivity index (χ3n) is 2.57. The first-order chi connectivity index (χ1) is 10.7. The molecule has 0 aromatic carbocycles. The fraction of sp³-hybridized carbons (Fsp3) is 0.308. The standard InChI is InChI=1S/C13H15N5O3S/c1-21-11(20)8-22-7-5-10(19)15-13-16-12(17-18-13)9-4-2-3-6-14-9/h2-4,6H,5,7-8H2,1H3,(H2,15,16,17,18,19). The fourth-order valence-corrected chi connectivity index (χ4v) is 2.26. The second-order valence-corrected chi connectivity index (χ2v) is 5.25. The van der Waals surface area contributed by atoms with Crippen LogP contribution in [0.1, 0.15) is 6.42 Å². The lowest BCUT2D eigenvalue weighted by molar-refractivity contribution is -0.137. The summed E-state index contributed by atoms with van der Waals surface area (Å²) in [4.78, 5) is 30.9. The molecule has 2 N–H and O–H groups in total. The third kappa shape index (κ3) is 4.85. The molecule has 0 saturated carbocycles. The minimum atomic E-state index is -0.306. The molecule has 2 heterocycles. The summed E-state index contributed by atoms with van der Waals surface area (Å²) in [6.07, 6.45) is 1.91. The van der Waals surface area contributed by atoms with E-state index in [1.165, 1.54) is 18.9 Å². The number of esters is 1. The molecule has 2 aromatic heterocycles. The van der Waals surface area contributed by atoms with E-state index in [9.17, 15) is 9.59 Å². The summed E-state index contributed by atoms with van der Waals surface area (Å²) in [5.41, 5.74) is 0.643. The number of aromatic amines is 1. The Bertz CT molecular complexity index is 632. The van der Waals surface area contributed by atoms with Crippen LogP contribution in [0.2, 0.25) is 0 Å². The maximum Gasteiger partial charge on any atom is 0.315 e. The number of carbonyl (C=O) groups is 2. The van der Waals surface area contributed by atoms with Crippen molar-refractivity contribution in [3.05, 3.63) is 24.4 Å². The molecule has 0 aliphatic heterocycles. The Morgan fingerprint density at radius 2 is 2.27 bits per heavy atom. The Morgan fingerprint density at radius 1 is 1.41 bits per heavy atom. The molecule has 9 heteroatoms. The van der Waals surface area contributed by atoms with Crippen LogP contribution >= 0.6 is 11.8 Å². The Morgan fingerprint density at radius 3 is 3.00 bits per heavy atom. The van der Waals surface area contributed by atoms with E-state index in [2.05, 4.69) is 30.2 Å². The molecule has 8 nitrogen and oxygen atoms in total. The molecule has 0 saturated heterocycles. The summed E-state index contributed by atoms with van der Waals surface area (Å²) in [5.74, 6) is 0.898. The van der Waals surface area contributed by atoms with E-state index in [1.807, 2.05) is 6.07 Å². The van der Waals surface area contributed by atoms with Crippen molar-refractivity contribution in [2.45, 2.75) is 6.42 Å². The summed E-state index contributed by atoms with van der Waals surface area (Å²) in [7, 11) is 1.33. The van der Waals surface area contributed by atoms with Crippen molar-refractivity contribution >= 4 is 29.6 Å². The van der Waals surface area contributed by atoms with Gasteiger partial charge in [0.05, 0.1) is 12.9 Å². The molecule has 0 spiro atoms. The number of aromatic nitrogens is 4. The highest BCUT2D eigenvalue weighted by Crippen LogP contribution is 2.12. The van der Waals surface area contributed by atoms with E-state index in [0.717, 1.165) is 0 Å². The van der Waals surface area contributed by atoms with Crippen LogP contribution in [0.3, 0.4) is 0 Å². The molecular formula is C13H15N5O3S. The van der Waals surface area contributed by atoms with Gasteiger partial charge in [0.15, 0.2) is 5.82 Å². The molecule has 0 aliphatic rings. The second-order valence-electron chi connectivity index (χ2n) is 4.15. The molecule has 0 aliphatic carbocycles.